The van der Waals surface area contributed by atoms with Gasteiger partial charge in [-0.2, -0.15) is 0 Å². The van der Waals surface area contributed by atoms with Crippen molar-refractivity contribution < 1.29 is 23.6 Å². The molecule has 1 saturated carbocycles. The van der Waals surface area contributed by atoms with Crippen LogP contribution in [0.4, 0.5) is 5.82 Å². The molecule has 0 N–H and O–H groups in total. The number of aromatic nitrogens is 1. The quantitative estimate of drug-likeness (QED) is 0.622. The van der Waals surface area contributed by atoms with Gasteiger partial charge < -0.3 is 14.0 Å². The standard InChI is InChI=1S/C26H30N2O5/c1-4-11-31-18-8-6-7-17(14-18)23-22-24(29)19-13-16(5-2)9-10-20(19)32-25(22)26(30)28(23)21-12-15(3)33-27-21/h6-8,12,14,16,19-20,23H,4-5,9-11,13H2,1-3H3. The topological polar surface area (TPSA) is 81.9 Å². The molecule has 1 aromatic heterocycles. The van der Waals surface area contributed by atoms with E-state index in [1.807, 2.05) is 31.2 Å². The molecule has 1 aliphatic carbocycles. The molecule has 7 nitrogen and oxygen atoms in total. The average molecular weight is 451 g/mol. The van der Waals surface area contributed by atoms with Crippen LogP contribution in [-0.2, 0) is 14.3 Å². The first-order valence-electron chi connectivity index (χ1n) is 12.0. The molecular formula is C26H30N2O5. The van der Waals surface area contributed by atoms with Crippen molar-refractivity contribution >= 4 is 17.5 Å². The average Bonchev–Trinajstić information content (AvgIpc) is 3.38. The van der Waals surface area contributed by atoms with Crippen molar-refractivity contribution in [1.82, 2.24) is 5.16 Å². The third kappa shape index (κ3) is 3.73. The zero-order valence-electron chi connectivity index (χ0n) is 19.4. The molecule has 2 aliphatic heterocycles. The summed E-state index contributed by atoms with van der Waals surface area (Å²) in [7, 11) is 0. The highest BCUT2D eigenvalue weighted by atomic mass is 16.5. The van der Waals surface area contributed by atoms with Crippen LogP contribution >= 0.6 is 0 Å². The van der Waals surface area contributed by atoms with Gasteiger partial charge in [-0.3, -0.25) is 14.5 Å². The molecule has 4 unspecified atom stereocenters. The van der Waals surface area contributed by atoms with E-state index in [-0.39, 0.29) is 29.5 Å². The summed E-state index contributed by atoms with van der Waals surface area (Å²) in [6.45, 7) is 6.59. The Balaban J connectivity index is 1.59. The second-order valence-corrected chi connectivity index (χ2v) is 9.25. The summed E-state index contributed by atoms with van der Waals surface area (Å²) in [5.74, 6) is 1.83. The second kappa shape index (κ2) is 8.69. The van der Waals surface area contributed by atoms with Crippen LogP contribution in [-0.4, -0.2) is 29.6 Å². The molecule has 3 heterocycles. The number of benzene rings is 1. The zero-order valence-corrected chi connectivity index (χ0v) is 19.4. The largest absolute Gasteiger partial charge is 0.494 e. The molecule has 0 radical (unpaired) electrons. The van der Waals surface area contributed by atoms with Crippen LogP contribution in [0.3, 0.4) is 0 Å². The number of fused-ring (bicyclic) bond motifs is 1. The lowest BCUT2D eigenvalue weighted by Gasteiger charge is -2.38. The minimum Gasteiger partial charge on any atom is -0.494 e. The van der Waals surface area contributed by atoms with Crippen LogP contribution in [0.15, 0.2) is 46.2 Å². The molecule has 5 rings (SSSR count). The van der Waals surface area contributed by atoms with Crippen molar-refractivity contribution in [2.75, 3.05) is 11.5 Å². The minimum atomic E-state index is -0.627. The molecule has 174 valence electrons. The Labute approximate surface area is 193 Å². The van der Waals surface area contributed by atoms with Crippen molar-refractivity contribution in [1.29, 1.82) is 0 Å². The number of ketones is 1. The molecule has 4 atom stereocenters. The smallest absolute Gasteiger partial charge is 0.295 e. The summed E-state index contributed by atoms with van der Waals surface area (Å²) >= 11 is 0. The van der Waals surface area contributed by atoms with E-state index in [1.54, 1.807) is 13.0 Å². The van der Waals surface area contributed by atoms with Gasteiger partial charge in [-0.25, -0.2) is 0 Å². The number of ether oxygens (including phenoxy) is 2. The molecule has 7 heteroatoms. The number of carbonyl (C=O) groups is 2. The third-order valence-electron chi connectivity index (χ3n) is 7.04. The molecule has 1 aromatic carbocycles. The number of hydrogen-bond donors (Lipinski definition) is 0. The van der Waals surface area contributed by atoms with Crippen molar-refractivity contribution in [2.45, 2.75) is 65.0 Å². The number of anilines is 1. The molecule has 0 bridgehead atoms. The molecule has 3 aliphatic rings. The van der Waals surface area contributed by atoms with Crippen molar-refractivity contribution in [3.8, 4) is 5.75 Å². The molecule has 2 aromatic rings. The van der Waals surface area contributed by atoms with E-state index in [0.29, 0.717) is 35.4 Å². The van der Waals surface area contributed by atoms with Crippen LogP contribution in [0, 0.1) is 18.8 Å². The number of hydrogen-bond acceptors (Lipinski definition) is 6. The van der Waals surface area contributed by atoms with Crippen molar-refractivity contribution in [3.05, 3.63) is 53.0 Å². The van der Waals surface area contributed by atoms with Gasteiger partial charge in [0.1, 0.15) is 17.6 Å². The van der Waals surface area contributed by atoms with Crippen molar-refractivity contribution in [2.24, 2.45) is 11.8 Å². The van der Waals surface area contributed by atoms with E-state index in [1.165, 1.54) is 4.90 Å². The number of aryl methyl sites for hydroxylation is 1. The number of carbonyl (C=O) groups excluding carboxylic acids is 2. The first kappa shape index (κ1) is 21.7. The summed E-state index contributed by atoms with van der Waals surface area (Å²) in [4.78, 5) is 29.0. The molecule has 1 amide bonds. The summed E-state index contributed by atoms with van der Waals surface area (Å²) in [5, 5.41) is 4.10. The molecule has 1 fully saturated rings. The Kier molecular flexibility index (Phi) is 5.72. The van der Waals surface area contributed by atoms with E-state index < -0.39 is 6.04 Å². The Hall–Kier alpha value is -3.09. The van der Waals surface area contributed by atoms with Crippen LogP contribution < -0.4 is 9.64 Å². The highest BCUT2D eigenvalue weighted by Crippen LogP contribution is 2.49. The maximum Gasteiger partial charge on any atom is 0.295 e. The van der Waals surface area contributed by atoms with Gasteiger partial charge in [0, 0.05) is 6.07 Å². The Morgan fingerprint density at radius 1 is 1.18 bits per heavy atom. The lowest BCUT2D eigenvalue weighted by atomic mass is 9.73. The number of amides is 1. The number of rotatable bonds is 6. The summed E-state index contributed by atoms with van der Waals surface area (Å²) < 4.78 is 17.4. The first-order valence-corrected chi connectivity index (χ1v) is 12.0. The highest BCUT2D eigenvalue weighted by molar-refractivity contribution is 6.17. The Morgan fingerprint density at radius 2 is 2.03 bits per heavy atom. The van der Waals surface area contributed by atoms with Gasteiger partial charge in [-0.1, -0.05) is 37.6 Å². The summed E-state index contributed by atoms with van der Waals surface area (Å²) in [6.07, 6.45) is 4.33. The fourth-order valence-electron chi connectivity index (χ4n) is 5.34. The number of Topliss-reactive ketones (excluding diaryl/α,β-unsaturated/α-hetero) is 1. The van der Waals surface area contributed by atoms with E-state index in [4.69, 9.17) is 14.0 Å². The van der Waals surface area contributed by atoms with E-state index in [0.717, 1.165) is 37.7 Å². The lowest BCUT2D eigenvalue weighted by molar-refractivity contribution is -0.132. The van der Waals surface area contributed by atoms with Gasteiger partial charge >= 0.3 is 0 Å². The monoisotopic (exact) mass is 450 g/mol. The van der Waals surface area contributed by atoms with Crippen LogP contribution in [0.5, 0.6) is 5.75 Å². The van der Waals surface area contributed by atoms with Gasteiger partial charge in [0.2, 0.25) is 0 Å². The Bertz CT molecular complexity index is 1100. The van der Waals surface area contributed by atoms with E-state index in [9.17, 15) is 9.59 Å². The number of nitrogens with zero attached hydrogens (tertiary/aromatic N) is 2. The molecule has 0 spiro atoms. The van der Waals surface area contributed by atoms with Crippen LogP contribution in [0.2, 0.25) is 0 Å². The van der Waals surface area contributed by atoms with E-state index >= 15 is 0 Å². The normalized spacial score (nSPS) is 26.8. The maximum absolute atomic E-state index is 13.9. The molecule has 33 heavy (non-hydrogen) atoms. The lowest BCUT2D eigenvalue weighted by Crippen LogP contribution is -2.41. The van der Waals surface area contributed by atoms with Gasteiger partial charge in [0.05, 0.1) is 24.1 Å². The SMILES string of the molecule is CCCOc1cccc(C2C3=C(OC4CCC(CC)CC4C3=O)C(=O)N2c2cc(C)on2)c1. The van der Waals surface area contributed by atoms with Crippen LogP contribution in [0.25, 0.3) is 0 Å². The molecule has 0 saturated heterocycles. The fraction of sp³-hybridized carbons (Fsp3) is 0.500. The maximum atomic E-state index is 13.9. The third-order valence-corrected chi connectivity index (χ3v) is 7.04. The van der Waals surface area contributed by atoms with Gasteiger partial charge in [-0.05, 0) is 56.2 Å². The Morgan fingerprint density at radius 3 is 2.76 bits per heavy atom. The van der Waals surface area contributed by atoms with Crippen LogP contribution in [0.1, 0.15) is 63.3 Å². The predicted molar refractivity (Wildman–Crippen MR) is 122 cm³/mol. The first-order chi connectivity index (χ1) is 16.0. The summed E-state index contributed by atoms with van der Waals surface area (Å²) in [6, 6.07) is 8.68. The minimum absolute atomic E-state index is 0.0281. The fourth-order valence-corrected chi connectivity index (χ4v) is 5.34. The second-order valence-electron chi connectivity index (χ2n) is 9.25. The van der Waals surface area contributed by atoms with Gasteiger partial charge in [0.25, 0.3) is 5.91 Å². The summed E-state index contributed by atoms with van der Waals surface area (Å²) in [5.41, 5.74) is 1.23. The highest BCUT2D eigenvalue weighted by Gasteiger charge is 2.53. The van der Waals surface area contributed by atoms with Gasteiger partial charge in [-0.15, -0.1) is 0 Å². The van der Waals surface area contributed by atoms with Gasteiger partial charge in [0.15, 0.2) is 17.4 Å². The molecular weight excluding hydrogens is 420 g/mol. The van der Waals surface area contributed by atoms with Crippen molar-refractivity contribution in [3.63, 3.8) is 0 Å². The zero-order chi connectivity index (χ0) is 23.1. The van der Waals surface area contributed by atoms with E-state index in [2.05, 4.69) is 12.1 Å². The predicted octanol–water partition coefficient (Wildman–Crippen LogP) is 4.91.